The molecular formula is C23H17ClN2O2. The molecule has 0 spiro atoms. The molecule has 0 fully saturated rings. The number of benzene rings is 3. The minimum absolute atomic E-state index is 0.00623. The van der Waals surface area contributed by atoms with E-state index < -0.39 is 5.91 Å². The van der Waals surface area contributed by atoms with Gasteiger partial charge in [0.1, 0.15) is 24.0 Å². The average Bonchev–Trinajstić information content (AvgIpc) is 2.73. The van der Waals surface area contributed by atoms with Crippen molar-refractivity contribution in [1.29, 1.82) is 5.26 Å². The normalized spacial score (nSPS) is 10.8. The van der Waals surface area contributed by atoms with E-state index in [4.69, 9.17) is 16.3 Å². The first-order valence-corrected chi connectivity index (χ1v) is 8.97. The molecule has 4 nitrogen and oxygen atoms in total. The summed E-state index contributed by atoms with van der Waals surface area (Å²) in [6.45, 7) is 0.467. The molecule has 0 aliphatic heterocycles. The SMILES string of the molecule is N#C/C(=C\c1ccc(Cl)cc1)C(=O)Nc1ccc(OCc2ccccc2)cc1. The first-order valence-electron chi connectivity index (χ1n) is 8.59. The molecule has 0 heterocycles. The van der Waals surface area contributed by atoms with Gasteiger partial charge in [0, 0.05) is 10.7 Å². The number of anilines is 1. The van der Waals surface area contributed by atoms with Crippen molar-refractivity contribution >= 4 is 29.3 Å². The minimum Gasteiger partial charge on any atom is -0.489 e. The Kier molecular flexibility index (Phi) is 6.46. The van der Waals surface area contributed by atoms with Gasteiger partial charge in [-0.1, -0.05) is 54.1 Å². The molecule has 3 rings (SSSR count). The largest absolute Gasteiger partial charge is 0.489 e. The van der Waals surface area contributed by atoms with E-state index in [0.717, 1.165) is 11.1 Å². The summed E-state index contributed by atoms with van der Waals surface area (Å²) in [5, 5.41) is 12.6. The van der Waals surface area contributed by atoms with Crippen LogP contribution in [0.2, 0.25) is 5.02 Å². The Labute approximate surface area is 168 Å². The van der Waals surface area contributed by atoms with Crippen LogP contribution in [-0.2, 0) is 11.4 Å². The Bertz CT molecular complexity index is 1010. The van der Waals surface area contributed by atoms with Gasteiger partial charge in [-0.05, 0) is 53.6 Å². The van der Waals surface area contributed by atoms with E-state index in [1.807, 2.05) is 36.4 Å². The lowest BCUT2D eigenvalue weighted by Gasteiger charge is -2.08. The number of amides is 1. The lowest BCUT2D eigenvalue weighted by atomic mass is 10.1. The van der Waals surface area contributed by atoms with Crippen molar-refractivity contribution in [2.45, 2.75) is 6.61 Å². The van der Waals surface area contributed by atoms with Crippen LogP contribution in [0.3, 0.4) is 0 Å². The summed E-state index contributed by atoms with van der Waals surface area (Å²) < 4.78 is 5.72. The average molecular weight is 389 g/mol. The van der Waals surface area contributed by atoms with Crippen LogP contribution in [-0.4, -0.2) is 5.91 Å². The monoisotopic (exact) mass is 388 g/mol. The van der Waals surface area contributed by atoms with E-state index >= 15 is 0 Å². The number of hydrogen-bond donors (Lipinski definition) is 1. The van der Waals surface area contributed by atoms with E-state index in [0.29, 0.717) is 23.1 Å². The molecule has 0 saturated carbocycles. The number of rotatable bonds is 6. The number of nitrogens with zero attached hydrogens (tertiary/aromatic N) is 1. The molecule has 0 bridgehead atoms. The minimum atomic E-state index is -0.476. The lowest BCUT2D eigenvalue weighted by Crippen LogP contribution is -2.13. The maximum absolute atomic E-state index is 12.4. The van der Waals surface area contributed by atoms with Gasteiger partial charge in [-0.25, -0.2) is 0 Å². The molecule has 0 radical (unpaired) electrons. The molecule has 0 unspecified atom stereocenters. The summed E-state index contributed by atoms with van der Waals surface area (Å²) in [5.74, 6) is 0.217. The molecule has 1 amide bonds. The molecule has 0 atom stereocenters. The molecule has 0 saturated heterocycles. The van der Waals surface area contributed by atoms with Gasteiger partial charge in [-0.3, -0.25) is 4.79 Å². The van der Waals surface area contributed by atoms with Crippen molar-refractivity contribution in [1.82, 2.24) is 0 Å². The number of nitrogens with one attached hydrogen (secondary N) is 1. The molecule has 138 valence electrons. The summed E-state index contributed by atoms with van der Waals surface area (Å²) in [6.07, 6.45) is 1.52. The van der Waals surface area contributed by atoms with Crippen LogP contribution in [0.25, 0.3) is 6.08 Å². The van der Waals surface area contributed by atoms with Crippen LogP contribution in [0.5, 0.6) is 5.75 Å². The molecule has 0 aromatic heterocycles. The van der Waals surface area contributed by atoms with E-state index in [2.05, 4.69) is 5.32 Å². The Morgan fingerprint density at radius 2 is 1.68 bits per heavy atom. The highest BCUT2D eigenvalue weighted by molar-refractivity contribution is 6.30. The second kappa shape index (κ2) is 9.40. The Morgan fingerprint density at radius 3 is 2.32 bits per heavy atom. The predicted molar refractivity (Wildman–Crippen MR) is 111 cm³/mol. The van der Waals surface area contributed by atoms with Crippen LogP contribution in [0.15, 0.2) is 84.4 Å². The molecule has 0 aliphatic rings. The Morgan fingerprint density at radius 1 is 1.00 bits per heavy atom. The standard InChI is InChI=1S/C23H17ClN2O2/c24-20-8-6-17(7-9-20)14-19(15-25)23(27)26-21-10-12-22(13-11-21)28-16-18-4-2-1-3-5-18/h1-14H,16H2,(H,26,27)/b19-14+. The number of carbonyl (C=O) groups excluding carboxylic acids is 1. The fraction of sp³-hybridized carbons (Fsp3) is 0.0435. The summed E-state index contributed by atoms with van der Waals surface area (Å²) in [4.78, 5) is 12.4. The molecule has 3 aromatic rings. The van der Waals surface area contributed by atoms with Crippen LogP contribution in [0.4, 0.5) is 5.69 Å². The number of nitriles is 1. The van der Waals surface area contributed by atoms with Crippen molar-refractivity contribution < 1.29 is 9.53 Å². The van der Waals surface area contributed by atoms with Gasteiger partial charge in [-0.2, -0.15) is 5.26 Å². The third-order valence-electron chi connectivity index (χ3n) is 3.91. The van der Waals surface area contributed by atoms with Gasteiger partial charge < -0.3 is 10.1 Å². The van der Waals surface area contributed by atoms with Crippen LogP contribution < -0.4 is 10.1 Å². The van der Waals surface area contributed by atoms with Crippen molar-refractivity contribution in [3.8, 4) is 11.8 Å². The van der Waals surface area contributed by atoms with E-state index in [-0.39, 0.29) is 5.57 Å². The summed E-state index contributed by atoms with van der Waals surface area (Å²) in [7, 11) is 0. The quantitative estimate of drug-likeness (QED) is 0.450. The summed E-state index contributed by atoms with van der Waals surface area (Å²) in [5.41, 5.74) is 2.38. The third kappa shape index (κ3) is 5.47. The fourth-order valence-electron chi connectivity index (χ4n) is 2.45. The van der Waals surface area contributed by atoms with Gasteiger partial charge >= 0.3 is 0 Å². The maximum Gasteiger partial charge on any atom is 0.266 e. The van der Waals surface area contributed by atoms with E-state index in [1.54, 1.807) is 48.5 Å². The highest BCUT2D eigenvalue weighted by Crippen LogP contribution is 2.18. The second-order valence-corrected chi connectivity index (χ2v) is 6.41. The van der Waals surface area contributed by atoms with E-state index in [9.17, 15) is 10.1 Å². The first kappa shape index (κ1) is 19.2. The van der Waals surface area contributed by atoms with Crippen molar-refractivity contribution in [3.63, 3.8) is 0 Å². The van der Waals surface area contributed by atoms with Crippen LogP contribution in [0, 0.1) is 11.3 Å². The Balaban J connectivity index is 1.61. The highest BCUT2D eigenvalue weighted by Gasteiger charge is 2.09. The second-order valence-electron chi connectivity index (χ2n) is 5.97. The molecule has 1 N–H and O–H groups in total. The number of hydrogen-bond acceptors (Lipinski definition) is 3. The molecule has 0 aliphatic carbocycles. The highest BCUT2D eigenvalue weighted by atomic mass is 35.5. The molecule has 28 heavy (non-hydrogen) atoms. The van der Waals surface area contributed by atoms with Gasteiger partial charge in [0.15, 0.2) is 0 Å². The zero-order valence-corrected chi connectivity index (χ0v) is 15.7. The topological polar surface area (TPSA) is 62.1 Å². The Hall–Kier alpha value is -3.55. The number of ether oxygens (including phenoxy) is 1. The molecular weight excluding hydrogens is 372 g/mol. The third-order valence-corrected chi connectivity index (χ3v) is 4.16. The molecule has 5 heteroatoms. The maximum atomic E-state index is 12.4. The summed E-state index contributed by atoms with van der Waals surface area (Å²) >= 11 is 5.85. The molecule has 3 aromatic carbocycles. The van der Waals surface area contributed by atoms with Gasteiger partial charge in [0.05, 0.1) is 0 Å². The fourth-order valence-corrected chi connectivity index (χ4v) is 2.57. The van der Waals surface area contributed by atoms with Crippen molar-refractivity contribution in [2.24, 2.45) is 0 Å². The number of carbonyl (C=O) groups is 1. The zero-order valence-electron chi connectivity index (χ0n) is 14.9. The van der Waals surface area contributed by atoms with Crippen molar-refractivity contribution in [2.75, 3.05) is 5.32 Å². The van der Waals surface area contributed by atoms with Gasteiger partial charge in [0.2, 0.25) is 0 Å². The van der Waals surface area contributed by atoms with Crippen LogP contribution in [0.1, 0.15) is 11.1 Å². The van der Waals surface area contributed by atoms with Gasteiger partial charge in [-0.15, -0.1) is 0 Å². The summed E-state index contributed by atoms with van der Waals surface area (Å²) in [6, 6.07) is 25.7. The van der Waals surface area contributed by atoms with Crippen molar-refractivity contribution in [3.05, 3.63) is 101 Å². The predicted octanol–water partition coefficient (Wildman–Crippen LogP) is 5.46. The first-order chi connectivity index (χ1) is 13.6. The van der Waals surface area contributed by atoms with Gasteiger partial charge in [0.25, 0.3) is 5.91 Å². The van der Waals surface area contributed by atoms with E-state index in [1.165, 1.54) is 6.08 Å². The zero-order chi connectivity index (χ0) is 19.8. The number of halogens is 1. The lowest BCUT2D eigenvalue weighted by molar-refractivity contribution is -0.112. The smallest absolute Gasteiger partial charge is 0.266 e. The van der Waals surface area contributed by atoms with Crippen LogP contribution >= 0.6 is 11.6 Å².